The largest absolute Gasteiger partial charge is 0.496 e. The Morgan fingerprint density at radius 3 is 2.81 bits per heavy atom. The van der Waals surface area contributed by atoms with Crippen LogP contribution >= 0.6 is 0 Å². The summed E-state index contributed by atoms with van der Waals surface area (Å²) in [6.07, 6.45) is 2.38. The van der Waals surface area contributed by atoms with Gasteiger partial charge in [-0.3, -0.25) is 4.79 Å². The van der Waals surface area contributed by atoms with Gasteiger partial charge >= 0.3 is 0 Å². The van der Waals surface area contributed by atoms with Gasteiger partial charge in [0, 0.05) is 12.6 Å². The Balaban J connectivity index is 2.14. The highest BCUT2D eigenvalue weighted by atomic mass is 16.5. The van der Waals surface area contributed by atoms with E-state index in [9.17, 15) is 4.79 Å². The quantitative estimate of drug-likeness (QED) is 0.906. The van der Waals surface area contributed by atoms with Gasteiger partial charge in [-0.15, -0.1) is 0 Å². The SMILES string of the molecule is COc1ccccc1C(=O)N(CC1CCCNC1)C(C)C. The third-order valence-corrected chi connectivity index (χ3v) is 4.08. The molecule has 1 aromatic carbocycles. The molecule has 1 N–H and O–H groups in total. The molecule has 0 radical (unpaired) electrons. The van der Waals surface area contributed by atoms with Crippen LogP contribution in [0.4, 0.5) is 0 Å². The van der Waals surface area contributed by atoms with Gasteiger partial charge in [0.2, 0.25) is 0 Å². The van der Waals surface area contributed by atoms with E-state index in [1.165, 1.54) is 12.8 Å². The number of benzene rings is 1. The third-order valence-electron chi connectivity index (χ3n) is 4.08. The van der Waals surface area contributed by atoms with Gasteiger partial charge in [-0.05, 0) is 57.8 Å². The molecule has 1 amide bonds. The van der Waals surface area contributed by atoms with E-state index in [1.807, 2.05) is 29.2 Å². The molecule has 21 heavy (non-hydrogen) atoms. The van der Waals surface area contributed by atoms with Crippen LogP contribution in [-0.4, -0.2) is 43.6 Å². The topological polar surface area (TPSA) is 41.6 Å². The van der Waals surface area contributed by atoms with Gasteiger partial charge in [-0.2, -0.15) is 0 Å². The van der Waals surface area contributed by atoms with Crippen molar-refractivity contribution in [1.82, 2.24) is 10.2 Å². The molecule has 4 heteroatoms. The van der Waals surface area contributed by atoms with Crippen LogP contribution in [-0.2, 0) is 0 Å². The smallest absolute Gasteiger partial charge is 0.257 e. The van der Waals surface area contributed by atoms with Gasteiger partial charge < -0.3 is 15.0 Å². The van der Waals surface area contributed by atoms with Crippen LogP contribution in [0.3, 0.4) is 0 Å². The molecule has 2 rings (SSSR count). The molecule has 1 saturated heterocycles. The van der Waals surface area contributed by atoms with Gasteiger partial charge in [0.15, 0.2) is 0 Å². The molecule has 0 aliphatic carbocycles. The first-order valence-corrected chi connectivity index (χ1v) is 7.78. The summed E-state index contributed by atoms with van der Waals surface area (Å²) < 4.78 is 5.33. The zero-order valence-corrected chi connectivity index (χ0v) is 13.3. The summed E-state index contributed by atoms with van der Waals surface area (Å²) >= 11 is 0. The molecule has 0 aromatic heterocycles. The maximum absolute atomic E-state index is 12.9. The maximum atomic E-state index is 12.9. The van der Waals surface area contributed by atoms with E-state index < -0.39 is 0 Å². The molecular weight excluding hydrogens is 264 g/mol. The van der Waals surface area contributed by atoms with E-state index in [1.54, 1.807) is 7.11 Å². The number of rotatable bonds is 5. The molecule has 0 spiro atoms. The second kappa shape index (κ2) is 7.46. The summed E-state index contributed by atoms with van der Waals surface area (Å²) in [5, 5.41) is 3.42. The van der Waals surface area contributed by atoms with Gasteiger partial charge in [0.25, 0.3) is 5.91 Å². The lowest BCUT2D eigenvalue weighted by Crippen LogP contribution is -2.44. The van der Waals surface area contributed by atoms with Gasteiger partial charge in [0.1, 0.15) is 5.75 Å². The Kier molecular flexibility index (Phi) is 5.62. The zero-order chi connectivity index (χ0) is 15.2. The average molecular weight is 290 g/mol. The normalized spacial score (nSPS) is 18.6. The molecule has 1 aliphatic rings. The van der Waals surface area contributed by atoms with Crippen molar-refractivity contribution in [3.05, 3.63) is 29.8 Å². The Labute approximate surface area is 127 Å². The first-order chi connectivity index (χ1) is 10.1. The molecule has 4 nitrogen and oxygen atoms in total. The Bertz CT molecular complexity index is 468. The molecule has 1 atom stereocenters. The van der Waals surface area contributed by atoms with Crippen molar-refractivity contribution in [3.63, 3.8) is 0 Å². The highest BCUT2D eigenvalue weighted by Gasteiger charge is 2.25. The van der Waals surface area contributed by atoms with Crippen molar-refractivity contribution in [2.75, 3.05) is 26.7 Å². The highest BCUT2D eigenvalue weighted by Crippen LogP contribution is 2.22. The molecular formula is C17H26N2O2. The van der Waals surface area contributed by atoms with E-state index in [4.69, 9.17) is 4.74 Å². The van der Waals surface area contributed by atoms with Crippen LogP contribution in [0, 0.1) is 5.92 Å². The van der Waals surface area contributed by atoms with E-state index >= 15 is 0 Å². The number of methoxy groups -OCH3 is 1. The number of ether oxygens (including phenoxy) is 1. The molecule has 1 aliphatic heterocycles. The van der Waals surface area contributed by atoms with Crippen LogP contribution in [0.25, 0.3) is 0 Å². The number of para-hydroxylation sites is 1. The number of hydrogen-bond donors (Lipinski definition) is 1. The molecule has 0 saturated carbocycles. The van der Waals surface area contributed by atoms with E-state index in [0.717, 1.165) is 19.6 Å². The number of nitrogens with zero attached hydrogens (tertiary/aromatic N) is 1. The summed E-state index contributed by atoms with van der Waals surface area (Å²) in [6.45, 7) is 7.05. The Morgan fingerprint density at radius 2 is 2.19 bits per heavy atom. The standard InChI is InChI=1S/C17H26N2O2/c1-13(2)19(12-14-7-6-10-18-11-14)17(20)15-8-4-5-9-16(15)21-3/h4-5,8-9,13-14,18H,6-7,10-12H2,1-3H3. The van der Waals surface area contributed by atoms with Crippen molar-refractivity contribution >= 4 is 5.91 Å². The van der Waals surface area contributed by atoms with Crippen molar-refractivity contribution in [3.8, 4) is 5.75 Å². The maximum Gasteiger partial charge on any atom is 0.257 e. The number of amides is 1. The van der Waals surface area contributed by atoms with E-state index in [-0.39, 0.29) is 11.9 Å². The summed E-state index contributed by atoms with van der Waals surface area (Å²) in [5.41, 5.74) is 0.650. The van der Waals surface area contributed by atoms with Crippen LogP contribution in [0.1, 0.15) is 37.0 Å². The fourth-order valence-electron chi connectivity index (χ4n) is 2.86. The average Bonchev–Trinajstić information content (AvgIpc) is 2.52. The van der Waals surface area contributed by atoms with Crippen molar-refractivity contribution in [1.29, 1.82) is 0 Å². The predicted octanol–water partition coefficient (Wildman–Crippen LogP) is 2.55. The minimum Gasteiger partial charge on any atom is -0.496 e. The summed E-state index contributed by atoms with van der Waals surface area (Å²) in [6, 6.07) is 7.64. The molecule has 1 unspecified atom stereocenters. The van der Waals surface area contributed by atoms with E-state index in [2.05, 4.69) is 19.2 Å². The van der Waals surface area contributed by atoms with Gasteiger partial charge in [-0.25, -0.2) is 0 Å². The van der Waals surface area contributed by atoms with Crippen LogP contribution in [0.2, 0.25) is 0 Å². The van der Waals surface area contributed by atoms with E-state index in [0.29, 0.717) is 17.2 Å². The lowest BCUT2D eigenvalue weighted by atomic mass is 9.98. The highest BCUT2D eigenvalue weighted by molar-refractivity contribution is 5.97. The Hall–Kier alpha value is -1.55. The van der Waals surface area contributed by atoms with Crippen molar-refractivity contribution in [2.24, 2.45) is 5.92 Å². The summed E-state index contributed by atoms with van der Waals surface area (Å²) in [4.78, 5) is 14.8. The molecule has 0 bridgehead atoms. The number of nitrogens with one attached hydrogen (secondary N) is 1. The lowest BCUT2D eigenvalue weighted by molar-refractivity contribution is 0.0657. The first kappa shape index (κ1) is 15.8. The molecule has 116 valence electrons. The predicted molar refractivity (Wildman–Crippen MR) is 84.8 cm³/mol. The number of piperidine rings is 1. The fraction of sp³-hybridized carbons (Fsp3) is 0.588. The number of carbonyl (C=O) groups excluding carboxylic acids is 1. The number of carbonyl (C=O) groups is 1. The molecule has 1 aromatic rings. The minimum atomic E-state index is 0.0630. The lowest BCUT2D eigenvalue weighted by Gasteiger charge is -2.33. The zero-order valence-electron chi connectivity index (χ0n) is 13.3. The molecule has 1 fully saturated rings. The van der Waals surface area contributed by atoms with Crippen LogP contribution in [0.5, 0.6) is 5.75 Å². The fourth-order valence-corrected chi connectivity index (χ4v) is 2.86. The van der Waals surface area contributed by atoms with Crippen LogP contribution in [0.15, 0.2) is 24.3 Å². The minimum absolute atomic E-state index is 0.0630. The van der Waals surface area contributed by atoms with Crippen LogP contribution < -0.4 is 10.1 Å². The summed E-state index contributed by atoms with van der Waals surface area (Å²) in [5.74, 6) is 1.25. The summed E-state index contributed by atoms with van der Waals surface area (Å²) in [7, 11) is 1.61. The second-order valence-electron chi connectivity index (χ2n) is 5.96. The van der Waals surface area contributed by atoms with Crippen molar-refractivity contribution < 1.29 is 9.53 Å². The molecule has 1 heterocycles. The van der Waals surface area contributed by atoms with Gasteiger partial charge in [0.05, 0.1) is 12.7 Å². The first-order valence-electron chi connectivity index (χ1n) is 7.78. The second-order valence-corrected chi connectivity index (χ2v) is 5.96. The Morgan fingerprint density at radius 1 is 1.43 bits per heavy atom. The van der Waals surface area contributed by atoms with Gasteiger partial charge in [-0.1, -0.05) is 12.1 Å². The number of hydrogen-bond acceptors (Lipinski definition) is 3. The van der Waals surface area contributed by atoms with Crippen molar-refractivity contribution in [2.45, 2.75) is 32.7 Å². The monoisotopic (exact) mass is 290 g/mol. The third kappa shape index (κ3) is 3.97.